The van der Waals surface area contributed by atoms with Gasteiger partial charge in [-0.1, -0.05) is 17.3 Å². The zero-order chi connectivity index (χ0) is 14.8. The van der Waals surface area contributed by atoms with Gasteiger partial charge >= 0.3 is 0 Å². The first-order chi connectivity index (χ1) is 10.9. The van der Waals surface area contributed by atoms with Crippen molar-refractivity contribution in [1.82, 2.24) is 20.0 Å². The third kappa shape index (κ3) is 2.89. The Morgan fingerprint density at radius 1 is 1.32 bits per heavy atom. The van der Waals surface area contributed by atoms with E-state index >= 15 is 0 Å². The van der Waals surface area contributed by atoms with Crippen LogP contribution < -0.4 is 0 Å². The fourth-order valence-electron chi connectivity index (χ4n) is 2.80. The number of fused-ring (bicyclic) bond motifs is 1. The van der Waals surface area contributed by atoms with Gasteiger partial charge in [0.1, 0.15) is 0 Å². The van der Waals surface area contributed by atoms with Crippen LogP contribution in [0.15, 0.2) is 30.5 Å². The number of aryl methyl sites for hydroxylation is 2. The maximum atomic E-state index is 5.40. The number of benzene rings is 1. The van der Waals surface area contributed by atoms with Crippen molar-refractivity contribution >= 4 is 21.6 Å². The molecule has 6 heteroatoms. The monoisotopic (exact) mass is 314 g/mol. The summed E-state index contributed by atoms with van der Waals surface area (Å²) in [5.74, 6) is 0.429. The van der Waals surface area contributed by atoms with Crippen LogP contribution in [-0.2, 0) is 17.7 Å². The molecule has 5 nitrogen and oxygen atoms in total. The molecule has 0 spiro atoms. The molecule has 0 saturated carbocycles. The van der Waals surface area contributed by atoms with Gasteiger partial charge in [-0.2, -0.15) is 0 Å². The Labute approximate surface area is 132 Å². The first kappa shape index (κ1) is 13.8. The quantitative estimate of drug-likeness (QED) is 0.726. The molecule has 1 saturated heterocycles. The third-order valence-electron chi connectivity index (χ3n) is 4.02. The molecular weight excluding hydrogens is 296 g/mol. The average molecular weight is 314 g/mol. The second-order valence-electron chi connectivity index (χ2n) is 5.65. The summed E-state index contributed by atoms with van der Waals surface area (Å²) in [5.41, 5.74) is 2.17. The summed E-state index contributed by atoms with van der Waals surface area (Å²) in [7, 11) is 0. The second-order valence-corrected chi connectivity index (χ2v) is 6.76. The molecule has 22 heavy (non-hydrogen) atoms. The highest BCUT2D eigenvalue weighted by Crippen LogP contribution is 2.24. The van der Waals surface area contributed by atoms with Crippen LogP contribution in [0.2, 0.25) is 0 Å². The lowest BCUT2D eigenvalue weighted by Gasteiger charge is -2.00. The minimum Gasteiger partial charge on any atom is -0.381 e. The highest BCUT2D eigenvalue weighted by molar-refractivity contribution is 7.18. The van der Waals surface area contributed by atoms with Gasteiger partial charge in [0.25, 0.3) is 0 Å². The molecule has 1 aromatic carbocycles. The van der Waals surface area contributed by atoms with Crippen molar-refractivity contribution < 1.29 is 4.74 Å². The predicted octanol–water partition coefficient (Wildman–Crippen LogP) is 3.02. The van der Waals surface area contributed by atoms with Crippen molar-refractivity contribution in [3.05, 3.63) is 41.2 Å². The Bertz CT molecular complexity index is 727. The maximum Gasteiger partial charge on any atom is 0.0939 e. The molecule has 0 amide bonds. The van der Waals surface area contributed by atoms with Gasteiger partial charge in [0.2, 0.25) is 0 Å². The number of thiazole rings is 1. The van der Waals surface area contributed by atoms with Crippen molar-refractivity contribution in [2.45, 2.75) is 31.7 Å². The Balaban J connectivity index is 1.34. The van der Waals surface area contributed by atoms with Crippen molar-refractivity contribution in [2.24, 2.45) is 0 Å². The molecular formula is C16H18N4OS. The SMILES string of the molecule is c1ccc2sc(CCCn3cc([C@@H]4CCOC4)nn3)nc2c1. The zero-order valence-electron chi connectivity index (χ0n) is 12.3. The molecule has 0 unspecified atom stereocenters. The standard InChI is InChI=1S/C16H18N4OS/c1-2-5-15-13(4-1)17-16(22-15)6-3-8-20-10-14(18-19-20)12-7-9-21-11-12/h1-2,4-5,10,12H,3,6-9,11H2/t12-/m1/s1. The normalized spacial score (nSPS) is 18.3. The summed E-state index contributed by atoms with van der Waals surface area (Å²) in [5, 5.41) is 9.71. The van der Waals surface area contributed by atoms with Crippen LogP contribution in [-0.4, -0.2) is 33.2 Å². The fourth-order valence-corrected chi connectivity index (χ4v) is 3.81. The molecule has 2 aromatic heterocycles. The smallest absolute Gasteiger partial charge is 0.0939 e. The Kier molecular flexibility index (Phi) is 3.86. The molecule has 0 N–H and O–H groups in total. The number of nitrogens with zero attached hydrogens (tertiary/aromatic N) is 4. The van der Waals surface area contributed by atoms with E-state index in [0.29, 0.717) is 5.92 Å². The van der Waals surface area contributed by atoms with E-state index in [1.807, 2.05) is 10.7 Å². The van der Waals surface area contributed by atoms with Gasteiger partial charge in [-0.3, -0.25) is 4.68 Å². The maximum absolute atomic E-state index is 5.40. The number of rotatable bonds is 5. The highest BCUT2D eigenvalue weighted by atomic mass is 32.1. The molecule has 0 aliphatic carbocycles. The van der Waals surface area contributed by atoms with Crippen LogP contribution >= 0.6 is 11.3 Å². The van der Waals surface area contributed by atoms with Crippen LogP contribution in [0.5, 0.6) is 0 Å². The van der Waals surface area contributed by atoms with Gasteiger partial charge in [-0.15, -0.1) is 16.4 Å². The summed E-state index contributed by atoms with van der Waals surface area (Å²) in [4.78, 5) is 4.67. The van der Waals surface area contributed by atoms with Crippen LogP contribution in [0.3, 0.4) is 0 Å². The predicted molar refractivity (Wildman–Crippen MR) is 86.1 cm³/mol. The molecule has 4 rings (SSSR count). The van der Waals surface area contributed by atoms with Gasteiger partial charge in [-0.05, 0) is 25.0 Å². The number of hydrogen-bond acceptors (Lipinski definition) is 5. The largest absolute Gasteiger partial charge is 0.381 e. The molecule has 114 valence electrons. The van der Waals surface area contributed by atoms with Crippen LogP contribution in [0.4, 0.5) is 0 Å². The summed E-state index contributed by atoms with van der Waals surface area (Å²) in [6, 6.07) is 8.30. The van der Waals surface area contributed by atoms with E-state index in [0.717, 1.165) is 50.2 Å². The Morgan fingerprint density at radius 3 is 3.14 bits per heavy atom. The minimum atomic E-state index is 0.429. The topological polar surface area (TPSA) is 52.8 Å². The number of para-hydroxylation sites is 1. The molecule has 1 aliphatic heterocycles. The minimum absolute atomic E-state index is 0.429. The van der Waals surface area contributed by atoms with E-state index in [9.17, 15) is 0 Å². The van der Waals surface area contributed by atoms with Gasteiger partial charge < -0.3 is 4.74 Å². The summed E-state index contributed by atoms with van der Waals surface area (Å²) in [6.45, 7) is 2.51. The number of hydrogen-bond donors (Lipinski definition) is 0. The first-order valence-corrected chi connectivity index (χ1v) is 8.52. The summed E-state index contributed by atoms with van der Waals surface area (Å²) in [6.07, 6.45) is 5.15. The molecule has 1 atom stereocenters. The van der Waals surface area contributed by atoms with Crippen LogP contribution in [0.25, 0.3) is 10.2 Å². The van der Waals surface area contributed by atoms with E-state index in [1.165, 1.54) is 9.71 Å². The fraction of sp³-hybridized carbons (Fsp3) is 0.438. The lowest BCUT2D eigenvalue weighted by atomic mass is 10.1. The average Bonchev–Trinajstić information content (AvgIpc) is 3.27. The lowest BCUT2D eigenvalue weighted by molar-refractivity contribution is 0.193. The van der Waals surface area contributed by atoms with Crippen LogP contribution in [0.1, 0.15) is 29.5 Å². The lowest BCUT2D eigenvalue weighted by Crippen LogP contribution is -2.00. The van der Waals surface area contributed by atoms with Gasteiger partial charge in [0, 0.05) is 31.7 Å². The number of ether oxygens (including phenoxy) is 1. The molecule has 0 radical (unpaired) electrons. The van der Waals surface area contributed by atoms with Crippen LogP contribution in [0, 0.1) is 0 Å². The Morgan fingerprint density at radius 2 is 2.27 bits per heavy atom. The van der Waals surface area contributed by atoms with Crippen molar-refractivity contribution in [1.29, 1.82) is 0 Å². The van der Waals surface area contributed by atoms with Crippen molar-refractivity contribution in [3.8, 4) is 0 Å². The van der Waals surface area contributed by atoms with E-state index in [1.54, 1.807) is 11.3 Å². The third-order valence-corrected chi connectivity index (χ3v) is 5.12. The molecule has 3 aromatic rings. The molecule has 0 bridgehead atoms. The van der Waals surface area contributed by atoms with Gasteiger partial charge in [0.15, 0.2) is 0 Å². The molecule has 1 aliphatic rings. The highest BCUT2D eigenvalue weighted by Gasteiger charge is 2.20. The van der Waals surface area contributed by atoms with Gasteiger partial charge in [-0.25, -0.2) is 4.98 Å². The zero-order valence-corrected chi connectivity index (χ0v) is 13.1. The summed E-state index contributed by atoms with van der Waals surface area (Å²) < 4.78 is 8.62. The van der Waals surface area contributed by atoms with E-state index in [4.69, 9.17) is 4.74 Å². The van der Waals surface area contributed by atoms with E-state index in [2.05, 4.69) is 39.7 Å². The van der Waals surface area contributed by atoms with E-state index in [-0.39, 0.29) is 0 Å². The van der Waals surface area contributed by atoms with Crippen molar-refractivity contribution in [3.63, 3.8) is 0 Å². The molecule has 1 fully saturated rings. The van der Waals surface area contributed by atoms with Gasteiger partial charge in [0.05, 0.1) is 27.5 Å². The first-order valence-electron chi connectivity index (χ1n) is 7.71. The second kappa shape index (κ2) is 6.14. The van der Waals surface area contributed by atoms with Crippen molar-refractivity contribution in [2.75, 3.05) is 13.2 Å². The van der Waals surface area contributed by atoms with E-state index < -0.39 is 0 Å². The summed E-state index contributed by atoms with van der Waals surface area (Å²) >= 11 is 1.79. The Hall–Kier alpha value is -1.79. The molecule has 3 heterocycles. The number of aromatic nitrogens is 4.